The van der Waals surface area contributed by atoms with Crippen molar-refractivity contribution in [2.75, 3.05) is 26.6 Å². The summed E-state index contributed by atoms with van der Waals surface area (Å²) in [5.74, 6) is 1.36. The van der Waals surface area contributed by atoms with Crippen molar-refractivity contribution >= 4 is 38.9 Å². The van der Waals surface area contributed by atoms with Crippen LogP contribution in [0.25, 0.3) is 11.0 Å². The van der Waals surface area contributed by atoms with E-state index in [1.807, 2.05) is 6.07 Å². The fourth-order valence-corrected chi connectivity index (χ4v) is 4.68. The Labute approximate surface area is 193 Å². The lowest BCUT2D eigenvalue weighted by molar-refractivity contribution is -0.0415. The average molecular weight is 499 g/mol. The SMILES string of the molecule is COc1ccc(Sc2nn([C@H]3C[C@H](O)[C@@H](COS(N)(=O)=O)O3)c3ncnc(N)c23)cc1OC. The van der Waals surface area contributed by atoms with E-state index in [0.29, 0.717) is 27.6 Å². The Balaban J connectivity index is 1.66. The van der Waals surface area contributed by atoms with Gasteiger partial charge >= 0.3 is 10.3 Å². The highest BCUT2D eigenvalue weighted by atomic mass is 32.2. The van der Waals surface area contributed by atoms with Gasteiger partial charge in [-0.15, -0.1) is 0 Å². The number of fused-ring (bicyclic) bond motifs is 1. The first-order valence-electron chi connectivity index (χ1n) is 9.59. The van der Waals surface area contributed by atoms with E-state index in [-0.39, 0.29) is 12.2 Å². The number of methoxy groups -OCH3 is 2. The summed E-state index contributed by atoms with van der Waals surface area (Å²) in [5.41, 5.74) is 6.52. The van der Waals surface area contributed by atoms with Crippen LogP contribution in [0.15, 0.2) is 34.4 Å². The molecule has 0 aliphatic carbocycles. The molecule has 0 saturated carbocycles. The highest BCUT2D eigenvalue weighted by Gasteiger charge is 2.38. The van der Waals surface area contributed by atoms with Gasteiger partial charge in [-0.25, -0.2) is 19.8 Å². The van der Waals surface area contributed by atoms with Crippen LogP contribution in [-0.2, 0) is 19.2 Å². The lowest BCUT2D eigenvalue weighted by Gasteiger charge is -2.14. The topological polar surface area (TPSA) is 187 Å². The van der Waals surface area contributed by atoms with Crippen LogP contribution in [0.4, 0.5) is 5.82 Å². The minimum Gasteiger partial charge on any atom is -0.493 e. The third-order valence-electron chi connectivity index (χ3n) is 4.93. The van der Waals surface area contributed by atoms with E-state index in [0.717, 1.165) is 4.90 Å². The van der Waals surface area contributed by atoms with Crippen molar-refractivity contribution in [3.8, 4) is 11.5 Å². The van der Waals surface area contributed by atoms with Gasteiger partial charge in [0.25, 0.3) is 0 Å². The number of aromatic nitrogens is 4. The highest BCUT2D eigenvalue weighted by molar-refractivity contribution is 7.99. The fourth-order valence-electron chi connectivity index (χ4n) is 3.40. The van der Waals surface area contributed by atoms with Gasteiger partial charge in [0.05, 0.1) is 32.3 Å². The normalized spacial score (nSPS) is 20.9. The van der Waals surface area contributed by atoms with Gasteiger partial charge in [-0.05, 0) is 18.2 Å². The van der Waals surface area contributed by atoms with Crippen molar-refractivity contribution < 1.29 is 31.9 Å². The van der Waals surface area contributed by atoms with Crippen molar-refractivity contribution in [2.45, 2.75) is 34.8 Å². The molecule has 1 aromatic carbocycles. The maximum atomic E-state index is 11.1. The second kappa shape index (κ2) is 9.28. The molecule has 0 radical (unpaired) electrons. The van der Waals surface area contributed by atoms with Crippen molar-refractivity contribution in [1.82, 2.24) is 19.7 Å². The van der Waals surface area contributed by atoms with Crippen molar-refractivity contribution in [3.63, 3.8) is 0 Å². The predicted molar refractivity (Wildman–Crippen MR) is 117 cm³/mol. The molecule has 33 heavy (non-hydrogen) atoms. The zero-order valence-corrected chi connectivity index (χ0v) is 19.2. The van der Waals surface area contributed by atoms with Crippen LogP contribution in [0.2, 0.25) is 0 Å². The van der Waals surface area contributed by atoms with E-state index in [1.165, 1.54) is 22.8 Å². The van der Waals surface area contributed by atoms with E-state index >= 15 is 0 Å². The fraction of sp³-hybridized carbons (Fsp3) is 0.389. The highest BCUT2D eigenvalue weighted by Crippen LogP contribution is 2.40. The molecule has 0 unspecified atom stereocenters. The van der Waals surface area contributed by atoms with Crippen molar-refractivity contribution in [2.24, 2.45) is 5.14 Å². The quantitative estimate of drug-likeness (QED) is 0.389. The summed E-state index contributed by atoms with van der Waals surface area (Å²) < 4.78 is 44.6. The number of hydrogen-bond acceptors (Lipinski definition) is 12. The van der Waals surface area contributed by atoms with E-state index in [4.69, 9.17) is 25.1 Å². The van der Waals surface area contributed by atoms with Crippen LogP contribution in [0, 0.1) is 0 Å². The van der Waals surface area contributed by atoms with Gasteiger partial charge in [0.15, 0.2) is 23.4 Å². The van der Waals surface area contributed by atoms with Gasteiger partial charge in [0, 0.05) is 11.3 Å². The van der Waals surface area contributed by atoms with Crippen molar-refractivity contribution in [1.29, 1.82) is 0 Å². The number of hydrogen-bond donors (Lipinski definition) is 3. The first kappa shape index (κ1) is 23.5. The third kappa shape index (κ3) is 4.97. The molecular weight excluding hydrogens is 476 g/mol. The van der Waals surface area contributed by atoms with E-state index < -0.39 is 35.3 Å². The molecule has 4 rings (SSSR count). The summed E-state index contributed by atoms with van der Waals surface area (Å²) in [6, 6.07) is 5.41. The van der Waals surface area contributed by atoms with Crippen LogP contribution >= 0.6 is 11.8 Å². The van der Waals surface area contributed by atoms with Gasteiger partial charge in [0.1, 0.15) is 23.3 Å². The molecule has 1 fully saturated rings. The molecule has 1 saturated heterocycles. The molecule has 3 aromatic rings. The maximum Gasteiger partial charge on any atom is 0.333 e. The van der Waals surface area contributed by atoms with Crippen LogP contribution in [-0.4, -0.2) is 66.3 Å². The molecule has 1 aliphatic heterocycles. The Morgan fingerprint density at radius 1 is 1.27 bits per heavy atom. The molecule has 0 amide bonds. The van der Waals surface area contributed by atoms with Gasteiger partial charge in [-0.1, -0.05) is 11.8 Å². The smallest absolute Gasteiger partial charge is 0.333 e. The average Bonchev–Trinajstić information content (AvgIpc) is 3.32. The Hall–Kier alpha value is -2.69. The number of aliphatic hydroxyl groups is 1. The molecule has 0 spiro atoms. The summed E-state index contributed by atoms with van der Waals surface area (Å²) in [7, 11) is -1.08. The molecule has 0 bridgehead atoms. The Bertz CT molecular complexity index is 1270. The molecule has 15 heteroatoms. The predicted octanol–water partition coefficient (Wildman–Crippen LogP) is 0.445. The molecule has 1 aliphatic rings. The molecule has 178 valence electrons. The van der Waals surface area contributed by atoms with Gasteiger partial charge in [0.2, 0.25) is 0 Å². The number of anilines is 1. The lowest BCUT2D eigenvalue weighted by atomic mass is 10.2. The summed E-state index contributed by atoms with van der Waals surface area (Å²) in [6.45, 7) is -0.430. The van der Waals surface area contributed by atoms with E-state index in [2.05, 4.69) is 19.2 Å². The third-order valence-corrected chi connectivity index (χ3v) is 6.36. The van der Waals surface area contributed by atoms with Crippen molar-refractivity contribution in [3.05, 3.63) is 24.5 Å². The van der Waals surface area contributed by atoms with E-state index in [1.54, 1.807) is 26.4 Å². The minimum atomic E-state index is -4.17. The number of ether oxygens (including phenoxy) is 3. The zero-order valence-electron chi connectivity index (χ0n) is 17.6. The Morgan fingerprint density at radius 2 is 2.03 bits per heavy atom. The molecule has 2 aromatic heterocycles. The Morgan fingerprint density at radius 3 is 2.73 bits per heavy atom. The van der Waals surface area contributed by atoms with Crippen LogP contribution in [0.1, 0.15) is 12.6 Å². The number of nitrogens with two attached hydrogens (primary N) is 2. The van der Waals surface area contributed by atoms with Gasteiger partial charge < -0.3 is 25.1 Å². The largest absolute Gasteiger partial charge is 0.493 e. The first-order valence-corrected chi connectivity index (χ1v) is 11.9. The second-order valence-corrected chi connectivity index (χ2v) is 9.32. The molecule has 3 heterocycles. The van der Waals surface area contributed by atoms with E-state index in [9.17, 15) is 13.5 Å². The molecule has 3 atom stereocenters. The molecular formula is C18H22N6O7S2. The van der Waals surface area contributed by atoms with Gasteiger partial charge in [-0.2, -0.15) is 13.5 Å². The molecule has 5 N–H and O–H groups in total. The standard InChI is InChI=1S/C18H22N6O7S2/c1-28-11-4-3-9(5-12(11)29-2)32-18-15-16(19)21-8-22-17(15)24(23-18)14-6-10(25)13(31-14)7-30-33(20,26)27/h3-5,8,10,13-14,25H,6-7H2,1-2H3,(H2,19,21,22)(H2,20,26,27)/t10-,13+,14+/m0/s1. The van der Waals surface area contributed by atoms with Crippen LogP contribution in [0.5, 0.6) is 11.5 Å². The van der Waals surface area contributed by atoms with Gasteiger partial charge in [-0.3, -0.25) is 4.18 Å². The lowest BCUT2D eigenvalue weighted by Crippen LogP contribution is -2.30. The summed E-state index contributed by atoms with van der Waals surface area (Å²) in [5, 5.41) is 20.8. The monoisotopic (exact) mass is 498 g/mol. The second-order valence-electron chi connectivity index (χ2n) is 7.04. The zero-order chi connectivity index (χ0) is 23.8. The number of nitrogen functional groups attached to an aromatic ring is 1. The number of aliphatic hydroxyl groups excluding tert-OH is 1. The Kier molecular flexibility index (Phi) is 6.60. The van der Waals surface area contributed by atoms with Crippen LogP contribution in [0.3, 0.4) is 0 Å². The number of nitrogens with zero attached hydrogens (tertiary/aromatic N) is 4. The molecule has 13 nitrogen and oxygen atoms in total. The number of benzene rings is 1. The van der Waals surface area contributed by atoms with Crippen LogP contribution < -0.4 is 20.3 Å². The summed E-state index contributed by atoms with van der Waals surface area (Å²) in [4.78, 5) is 9.15. The number of rotatable bonds is 8. The summed E-state index contributed by atoms with van der Waals surface area (Å²) >= 11 is 1.31. The maximum absolute atomic E-state index is 11.1. The summed E-state index contributed by atoms with van der Waals surface area (Å²) in [6.07, 6.45) is -1.25. The minimum absolute atomic E-state index is 0.125. The first-order chi connectivity index (χ1) is 15.7.